The standard InChI is InChI=1S/C32H42N4O4S/c1-23(30(22-33)41(37,38)34-32(5,6)14-17-40-31(2,3)4)28-12-13-29(35(28)7)26-9-8-25-21-27(11-10-24(25)20-26)36-15-18-39-19-16-36/h8-13,20-21,34H,14-19H2,1-7H3/b30-23+. The van der Waals surface area contributed by atoms with Crippen LogP contribution in [-0.4, -0.2) is 57.0 Å². The lowest BCUT2D eigenvalue weighted by Crippen LogP contribution is -2.45. The van der Waals surface area contributed by atoms with Crippen molar-refractivity contribution in [1.29, 1.82) is 5.26 Å². The third-order valence-corrected chi connectivity index (χ3v) is 9.14. The molecule has 4 rings (SSSR count). The molecule has 2 heterocycles. The minimum Gasteiger partial charge on any atom is -0.378 e. The SMILES string of the molecule is C/C(=C(/C#N)S(=O)(=O)NC(C)(C)CCOC(C)(C)C)c1ccc(-c2ccc3cc(N4CCOCC4)ccc3c2)n1C. The first-order chi connectivity index (χ1) is 19.2. The molecule has 1 N–H and O–H groups in total. The highest BCUT2D eigenvalue weighted by Crippen LogP contribution is 2.32. The number of sulfonamides is 1. The van der Waals surface area contributed by atoms with Crippen LogP contribution in [0.15, 0.2) is 53.4 Å². The largest absolute Gasteiger partial charge is 0.378 e. The Kier molecular flexibility index (Phi) is 9.00. The molecule has 1 aliphatic heterocycles. The molecule has 2 aromatic carbocycles. The fourth-order valence-corrected chi connectivity index (χ4v) is 6.69. The van der Waals surface area contributed by atoms with E-state index >= 15 is 0 Å². The molecule has 220 valence electrons. The zero-order valence-corrected chi connectivity index (χ0v) is 26.1. The Bertz CT molecular complexity index is 1580. The summed E-state index contributed by atoms with van der Waals surface area (Å²) in [6.07, 6.45) is 0.464. The number of anilines is 1. The van der Waals surface area contributed by atoms with Gasteiger partial charge in [-0.25, -0.2) is 13.1 Å². The average Bonchev–Trinajstić information content (AvgIpc) is 3.28. The van der Waals surface area contributed by atoms with Crippen LogP contribution in [0.25, 0.3) is 27.6 Å². The maximum Gasteiger partial charge on any atom is 0.251 e. The molecule has 0 amide bonds. The first-order valence-corrected chi connectivity index (χ1v) is 15.5. The van der Waals surface area contributed by atoms with Crippen molar-refractivity contribution in [3.8, 4) is 17.3 Å². The van der Waals surface area contributed by atoms with Gasteiger partial charge in [0.2, 0.25) is 0 Å². The highest BCUT2D eigenvalue weighted by atomic mass is 32.2. The van der Waals surface area contributed by atoms with Gasteiger partial charge >= 0.3 is 0 Å². The molecule has 0 unspecified atom stereocenters. The van der Waals surface area contributed by atoms with E-state index in [0.717, 1.165) is 48.3 Å². The number of ether oxygens (including phenoxy) is 2. The normalized spacial score (nSPS) is 15.6. The van der Waals surface area contributed by atoms with Crippen LogP contribution >= 0.6 is 0 Å². The molecule has 1 fully saturated rings. The smallest absolute Gasteiger partial charge is 0.251 e. The lowest BCUT2D eigenvalue weighted by atomic mass is 10.0. The fraction of sp³-hybridized carbons (Fsp3) is 0.469. The van der Waals surface area contributed by atoms with Crippen LogP contribution in [0.3, 0.4) is 0 Å². The number of benzene rings is 2. The van der Waals surface area contributed by atoms with Crippen molar-refractivity contribution in [3.05, 3.63) is 59.1 Å². The first kappa shape index (κ1) is 30.8. The first-order valence-electron chi connectivity index (χ1n) is 14.0. The molecule has 9 heteroatoms. The van der Waals surface area contributed by atoms with E-state index in [2.05, 4.69) is 46.0 Å². The van der Waals surface area contributed by atoms with Crippen LogP contribution in [0.4, 0.5) is 5.69 Å². The van der Waals surface area contributed by atoms with Gasteiger partial charge in [0, 0.05) is 54.9 Å². The number of fused-ring (bicyclic) bond motifs is 1. The predicted octanol–water partition coefficient (Wildman–Crippen LogP) is 5.84. The summed E-state index contributed by atoms with van der Waals surface area (Å²) < 4.78 is 42.7. The van der Waals surface area contributed by atoms with Crippen LogP contribution in [0.5, 0.6) is 0 Å². The topological polar surface area (TPSA) is 96.6 Å². The number of nitrogens with one attached hydrogen (secondary N) is 1. The molecule has 0 spiro atoms. The quantitative estimate of drug-likeness (QED) is 0.321. The Morgan fingerprint density at radius 1 is 1.02 bits per heavy atom. The van der Waals surface area contributed by atoms with Gasteiger partial charge in [0.25, 0.3) is 10.0 Å². The van der Waals surface area contributed by atoms with E-state index in [1.807, 2.05) is 50.6 Å². The average molecular weight is 579 g/mol. The van der Waals surface area contributed by atoms with Crippen molar-refractivity contribution in [1.82, 2.24) is 9.29 Å². The monoisotopic (exact) mass is 578 g/mol. The molecule has 1 saturated heterocycles. The fourth-order valence-electron chi connectivity index (χ4n) is 5.13. The summed E-state index contributed by atoms with van der Waals surface area (Å²) in [6, 6.07) is 18.6. The Morgan fingerprint density at radius 3 is 2.34 bits per heavy atom. The molecular formula is C32H42N4O4S. The molecule has 0 radical (unpaired) electrons. The second-order valence-corrected chi connectivity index (χ2v) is 13.9. The molecule has 0 aliphatic carbocycles. The van der Waals surface area contributed by atoms with E-state index in [9.17, 15) is 13.7 Å². The van der Waals surface area contributed by atoms with Gasteiger partial charge in [-0.05, 0) is 94.6 Å². The van der Waals surface area contributed by atoms with Gasteiger partial charge in [-0.1, -0.05) is 18.2 Å². The van der Waals surface area contributed by atoms with Gasteiger partial charge in [-0.3, -0.25) is 0 Å². The van der Waals surface area contributed by atoms with E-state index in [0.29, 0.717) is 24.3 Å². The van der Waals surface area contributed by atoms with Crippen molar-refractivity contribution in [3.63, 3.8) is 0 Å². The molecule has 3 aromatic rings. The van der Waals surface area contributed by atoms with Gasteiger partial charge in [0.05, 0.1) is 18.8 Å². The number of hydrogen-bond donors (Lipinski definition) is 1. The lowest BCUT2D eigenvalue weighted by Gasteiger charge is -2.29. The third-order valence-electron chi connectivity index (χ3n) is 7.39. The minimum absolute atomic E-state index is 0.288. The van der Waals surface area contributed by atoms with Gasteiger partial charge < -0.3 is 18.9 Å². The van der Waals surface area contributed by atoms with Crippen molar-refractivity contribution in [2.24, 2.45) is 7.05 Å². The summed E-state index contributed by atoms with van der Waals surface area (Å²) in [4.78, 5) is 2.05. The van der Waals surface area contributed by atoms with Gasteiger partial charge in [0.1, 0.15) is 6.07 Å². The number of rotatable bonds is 9. The Labute approximate surface area is 244 Å². The summed E-state index contributed by atoms with van der Waals surface area (Å²) in [5, 5.41) is 12.2. The maximum atomic E-state index is 13.4. The zero-order valence-electron chi connectivity index (χ0n) is 25.2. The molecule has 1 aliphatic rings. The van der Waals surface area contributed by atoms with Crippen LogP contribution in [0, 0.1) is 11.3 Å². The molecule has 0 bridgehead atoms. The molecule has 0 saturated carbocycles. The van der Waals surface area contributed by atoms with Crippen molar-refractivity contribution in [2.75, 3.05) is 37.8 Å². The third kappa shape index (κ3) is 7.38. The van der Waals surface area contributed by atoms with Gasteiger partial charge in [0.15, 0.2) is 4.91 Å². The molecule has 1 aromatic heterocycles. The number of allylic oxidation sites excluding steroid dienone is 2. The Hall–Kier alpha value is -3.16. The highest BCUT2D eigenvalue weighted by molar-refractivity contribution is 7.94. The van der Waals surface area contributed by atoms with Crippen molar-refractivity contribution in [2.45, 2.75) is 59.1 Å². The summed E-state index contributed by atoms with van der Waals surface area (Å²) in [5.41, 5.74) is 3.09. The Morgan fingerprint density at radius 2 is 1.68 bits per heavy atom. The molecule has 0 atom stereocenters. The van der Waals surface area contributed by atoms with Crippen LogP contribution < -0.4 is 9.62 Å². The van der Waals surface area contributed by atoms with E-state index in [-0.39, 0.29) is 10.5 Å². The summed E-state index contributed by atoms with van der Waals surface area (Å²) in [7, 11) is -2.18. The van der Waals surface area contributed by atoms with Crippen LogP contribution in [0.1, 0.15) is 53.7 Å². The van der Waals surface area contributed by atoms with Crippen LogP contribution in [0.2, 0.25) is 0 Å². The zero-order chi connectivity index (χ0) is 30.0. The second kappa shape index (κ2) is 12.0. The van der Waals surface area contributed by atoms with Gasteiger partial charge in [-0.2, -0.15) is 5.26 Å². The number of aromatic nitrogens is 1. The number of nitriles is 1. The van der Waals surface area contributed by atoms with Crippen LogP contribution in [-0.2, 0) is 26.5 Å². The number of nitrogens with zero attached hydrogens (tertiary/aromatic N) is 3. The summed E-state index contributed by atoms with van der Waals surface area (Å²) in [5.74, 6) is 0. The number of hydrogen-bond acceptors (Lipinski definition) is 6. The summed E-state index contributed by atoms with van der Waals surface area (Å²) in [6.45, 7) is 14.8. The minimum atomic E-state index is -4.07. The van der Waals surface area contributed by atoms with E-state index in [4.69, 9.17) is 9.47 Å². The second-order valence-electron chi connectivity index (χ2n) is 12.3. The predicted molar refractivity (Wildman–Crippen MR) is 166 cm³/mol. The van der Waals surface area contributed by atoms with Crippen molar-refractivity contribution >= 4 is 32.1 Å². The molecule has 41 heavy (non-hydrogen) atoms. The Balaban J connectivity index is 1.58. The molecule has 8 nitrogen and oxygen atoms in total. The number of morpholine rings is 1. The van der Waals surface area contributed by atoms with Crippen molar-refractivity contribution < 1.29 is 17.9 Å². The molecular weight excluding hydrogens is 536 g/mol. The highest BCUT2D eigenvalue weighted by Gasteiger charge is 2.30. The van der Waals surface area contributed by atoms with E-state index < -0.39 is 15.6 Å². The summed E-state index contributed by atoms with van der Waals surface area (Å²) >= 11 is 0. The maximum absolute atomic E-state index is 13.4. The lowest BCUT2D eigenvalue weighted by molar-refractivity contribution is -0.0102. The van der Waals surface area contributed by atoms with E-state index in [1.54, 1.807) is 20.8 Å². The van der Waals surface area contributed by atoms with Gasteiger partial charge in [-0.15, -0.1) is 0 Å². The van der Waals surface area contributed by atoms with E-state index in [1.165, 1.54) is 5.69 Å².